The van der Waals surface area contributed by atoms with Crippen molar-refractivity contribution in [1.82, 2.24) is 14.7 Å². The van der Waals surface area contributed by atoms with Crippen LogP contribution in [0.3, 0.4) is 0 Å². The Balaban J connectivity index is 1.42. The highest BCUT2D eigenvalue weighted by Crippen LogP contribution is 2.32. The summed E-state index contributed by atoms with van der Waals surface area (Å²) < 4.78 is 45.8. The fourth-order valence-corrected chi connectivity index (χ4v) is 3.36. The van der Waals surface area contributed by atoms with Gasteiger partial charge in [-0.3, -0.25) is 9.20 Å². The SMILES string of the molecule is Cc1ccc2nc(C)c(C(=O)NCc3ccc(Oc4cccc(C(F)(F)F)c4)cc3)n2c1. The molecule has 0 radical (unpaired) electrons. The number of hydrogen-bond donors (Lipinski definition) is 1. The van der Waals surface area contributed by atoms with Crippen LogP contribution in [0.1, 0.15) is 32.9 Å². The van der Waals surface area contributed by atoms with Crippen LogP contribution >= 0.6 is 0 Å². The monoisotopic (exact) mass is 439 g/mol. The third-order valence-electron chi connectivity index (χ3n) is 4.93. The number of ether oxygens (including phenoxy) is 1. The quantitative estimate of drug-likeness (QED) is 0.435. The number of imidazole rings is 1. The third-order valence-corrected chi connectivity index (χ3v) is 4.93. The number of aryl methyl sites for hydroxylation is 2. The fourth-order valence-electron chi connectivity index (χ4n) is 3.36. The zero-order valence-corrected chi connectivity index (χ0v) is 17.4. The van der Waals surface area contributed by atoms with Gasteiger partial charge in [-0.2, -0.15) is 13.2 Å². The lowest BCUT2D eigenvalue weighted by Gasteiger charge is -2.11. The molecule has 5 nitrogen and oxygen atoms in total. The maximum absolute atomic E-state index is 12.8. The summed E-state index contributed by atoms with van der Waals surface area (Å²) in [5, 5.41) is 2.88. The molecule has 32 heavy (non-hydrogen) atoms. The number of nitrogens with one attached hydrogen (secondary N) is 1. The number of carbonyl (C=O) groups is 1. The Bertz CT molecular complexity index is 1280. The minimum Gasteiger partial charge on any atom is -0.457 e. The lowest BCUT2D eigenvalue weighted by Crippen LogP contribution is -2.25. The summed E-state index contributed by atoms with van der Waals surface area (Å²) in [6.45, 7) is 4.01. The molecule has 0 saturated heterocycles. The summed E-state index contributed by atoms with van der Waals surface area (Å²) in [5.41, 5.74) is 2.88. The number of carbonyl (C=O) groups excluding carboxylic acids is 1. The first-order valence-electron chi connectivity index (χ1n) is 9.88. The number of aromatic nitrogens is 2. The van der Waals surface area contributed by atoms with Gasteiger partial charge in [-0.15, -0.1) is 0 Å². The molecular weight excluding hydrogens is 419 g/mol. The van der Waals surface area contributed by atoms with Crippen molar-refractivity contribution in [1.29, 1.82) is 0 Å². The molecule has 0 bridgehead atoms. The number of fused-ring (bicyclic) bond motifs is 1. The summed E-state index contributed by atoms with van der Waals surface area (Å²) in [4.78, 5) is 17.2. The molecule has 0 unspecified atom stereocenters. The van der Waals surface area contributed by atoms with Crippen LogP contribution in [0.2, 0.25) is 0 Å². The van der Waals surface area contributed by atoms with Crippen molar-refractivity contribution in [3.63, 3.8) is 0 Å². The van der Waals surface area contributed by atoms with Crippen LogP contribution in [0.4, 0.5) is 13.2 Å². The Kier molecular flexibility index (Phi) is 5.61. The molecule has 2 aromatic heterocycles. The molecule has 0 atom stereocenters. The smallest absolute Gasteiger partial charge is 0.416 e. The molecule has 1 N–H and O–H groups in total. The maximum Gasteiger partial charge on any atom is 0.416 e. The standard InChI is InChI=1S/C24H20F3N3O2/c1-15-6-11-21-29-16(2)22(30(21)14-15)23(31)28-13-17-7-9-19(10-8-17)32-20-5-3-4-18(12-20)24(25,26)27/h3-12,14H,13H2,1-2H3,(H,28,31). The largest absolute Gasteiger partial charge is 0.457 e. The van der Waals surface area contributed by atoms with Gasteiger partial charge < -0.3 is 10.1 Å². The van der Waals surface area contributed by atoms with E-state index in [2.05, 4.69) is 10.3 Å². The summed E-state index contributed by atoms with van der Waals surface area (Å²) in [6.07, 6.45) is -2.57. The zero-order chi connectivity index (χ0) is 22.9. The molecule has 0 fully saturated rings. The Morgan fingerprint density at radius 2 is 1.78 bits per heavy atom. The van der Waals surface area contributed by atoms with E-state index >= 15 is 0 Å². The van der Waals surface area contributed by atoms with E-state index in [0.717, 1.165) is 23.3 Å². The number of halogens is 3. The van der Waals surface area contributed by atoms with Gasteiger partial charge in [0.1, 0.15) is 22.8 Å². The molecule has 1 amide bonds. The normalized spacial score (nSPS) is 11.5. The predicted molar refractivity (Wildman–Crippen MR) is 114 cm³/mol. The topological polar surface area (TPSA) is 55.6 Å². The Morgan fingerprint density at radius 3 is 2.50 bits per heavy atom. The van der Waals surface area contributed by atoms with Crippen LogP contribution in [-0.4, -0.2) is 15.3 Å². The van der Waals surface area contributed by atoms with Gasteiger partial charge in [0, 0.05) is 12.7 Å². The second-order valence-corrected chi connectivity index (χ2v) is 7.43. The van der Waals surface area contributed by atoms with E-state index in [-0.39, 0.29) is 18.2 Å². The minimum absolute atomic E-state index is 0.0965. The maximum atomic E-state index is 12.8. The first-order valence-corrected chi connectivity index (χ1v) is 9.88. The molecule has 2 aromatic carbocycles. The Morgan fingerprint density at radius 1 is 1.03 bits per heavy atom. The average molecular weight is 439 g/mol. The second-order valence-electron chi connectivity index (χ2n) is 7.43. The molecule has 164 valence electrons. The van der Waals surface area contributed by atoms with Gasteiger partial charge in [0.2, 0.25) is 0 Å². The molecule has 0 spiro atoms. The summed E-state index contributed by atoms with van der Waals surface area (Å²) in [7, 11) is 0. The van der Waals surface area contributed by atoms with Gasteiger partial charge in [0.25, 0.3) is 5.91 Å². The molecule has 4 rings (SSSR count). The van der Waals surface area contributed by atoms with Crippen molar-refractivity contribution in [2.45, 2.75) is 26.6 Å². The highest BCUT2D eigenvalue weighted by Gasteiger charge is 2.30. The molecule has 0 aliphatic rings. The molecule has 4 aromatic rings. The van der Waals surface area contributed by atoms with E-state index in [1.807, 2.05) is 25.3 Å². The van der Waals surface area contributed by atoms with Crippen LogP contribution in [0.5, 0.6) is 11.5 Å². The number of alkyl halides is 3. The molecule has 2 heterocycles. The fraction of sp³-hybridized carbons (Fsp3) is 0.167. The zero-order valence-electron chi connectivity index (χ0n) is 17.4. The van der Waals surface area contributed by atoms with Crippen molar-refractivity contribution in [2.24, 2.45) is 0 Å². The van der Waals surface area contributed by atoms with Crippen molar-refractivity contribution < 1.29 is 22.7 Å². The van der Waals surface area contributed by atoms with E-state index in [1.165, 1.54) is 12.1 Å². The summed E-state index contributed by atoms with van der Waals surface area (Å²) in [6, 6.07) is 15.3. The highest BCUT2D eigenvalue weighted by atomic mass is 19.4. The van der Waals surface area contributed by atoms with Crippen LogP contribution < -0.4 is 10.1 Å². The van der Waals surface area contributed by atoms with Crippen molar-refractivity contribution in [3.05, 3.63) is 94.9 Å². The first-order chi connectivity index (χ1) is 15.2. The third kappa shape index (κ3) is 4.59. The first kappa shape index (κ1) is 21.4. The van der Waals surface area contributed by atoms with Crippen molar-refractivity contribution in [2.75, 3.05) is 0 Å². The van der Waals surface area contributed by atoms with E-state index in [9.17, 15) is 18.0 Å². The van der Waals surface area contributed by atoms with Crippen LogP contribution in [0.25, 0.3) is 5.65 Å². The van der Waals surface area contributed by atoms with Crippen LogP contribution in [-0.2, 0) is 12.7 Å². The number of hydrogen-bond acceptors (Lipinski definition) is 3. The molecule has 8 heteroatoms. The minimum atomic E-state index is -4.43. The van der Waals surface area contributed by atoms with Gasteiger partial charge in [-0.25, -0.2) is 4.98 Å². The van der Waals surface area contributed by atoms with E-state index < -0.39 is 11.7 Å². The number of nitrogens with zero attached hydrogens (tertiary/aromatic N) is 2. The van der Waals surface area contributed by atoms with E-state index in [4.69, 9.17) is 4.74 Å². The van der Waals surface area contributed by atoms with Gasteiger partial charge in [-0.05, 0) is 61.4 Å². The Labute approximate surface area is 182 Å². The molecule has 0 aliphatic heterocycles. The lowest BCUT2D eigenvalue weighted by atomic mass is 10.2. The molecule has 0 aliphatic carbocycles. The lowest BCUT2D eigenvalue weighted by molar-refractivity contribution is -0.137. The van der Waals surface area contributed by atoms with E-state index in [0.29, 0.717) is 22.8 Å². The number of amides is 1. The van der Waals surface area contributed by atoms with Gasteiger partial charge >= 0.3 is 6.18 Å². The molecular formula is C24H20F3N3O2. The van der Waals surface area contributed by atoms with Gasteiger partial charge in [0.15, 0.2) is 0 Å². The number of pyridine rings is 1. The Hall–Kier alpha value is -3.81. The predicted octanol–water partition coefficient (Wildman–Crippen LogP) is 5.69. The van der Waals surface area contributed by atoms with Crippen molar-refractivity contribution >= 4 is 11.6 Å². The second kappa shape index (κ2) is 8.37. The highest BCUT2D eigenvalue weighted by molar-refractivity contribution is 5.94. The van der Waals surface area contributed by atoms with E-state index in [1.54, 1.807) is 35.6 Å². The van der Waals surface area contributed by atoms with Crippen LogP contribution in [0.15, 0.2) is 66.9 Å². The average Bonchev–Trinajstić information content (AvgIpc) is 3.07. The van der Waals surface area contributed by atoms with Gasteiger partial charge in [-0.1, -0.05) is 24.3 Å². The summed E-state index contributed by atoms with van der Waals surface area (Å²) >= 11 is 0. The molecule has 0 saturated carbocycles. The summed E-state index contributed by atoms with van der Waals surface area (Å²) in [5.74, 6) is 0.247. The number of benzene rings is 2. The number of rotatable bonds is 5. The van der Waals surface area contributed by atoms with Gasteiger partial charge in [0.05, 0.1) is 11.3 Å². The van der Waals surface area contributed by atoms with Crippen molar-refractivity contribution in [3.8, 4) is 11.5 Å². The van der Waals surface area contributed by atoms with Crippen LogP contribution in [0, 0.1) is 13.8 Å².